The molecule has 1 aromatic carbocycles. The van der Waals surface area contributed by atoms with Gasteiger partial charge in [0.2, 0.25) is 20.0 Å². The van der Waals surface area contributed by atoms with Crippen LogP contribution in [0.25, 0.3) is 0 Å². The molecule has 2 rings (SSSR count). The molecule has 188 valence electrons. The number of unbranched alkanes of at least 4 members (excludes halogenated alkanes) is 2. The first-order valence-corrected chi connectivity index (χ1v) is 14.2. The van der Waals surface area contributed by atoms with Crippen LogP contribution in [0, 0.1) is 0 Å². The highest BCUT2D eigenvalue weighted by Crippen LogP contribution is 2.42. The van der Waals surface area contributed by atoms with Gasteiger partial charge in [-0.1, -0.05) is 31.9 Å². The Bertz CT molecular complexity index is 969. The van der Waals surface area contributed by atoms with E-state index < -0.39 is 20.0 Å². The SMILES string of the molecule is CCCCS(=O)(=O)N(c1cc(OC)c(/N=N/N2CCOCC2)cc1OC)S(=O)(=O)CCCC. The van der Waals surface area contributed by atoms with Crippen molar-refractivity contribution in [2.24, 2.45) is 10.3 Å². The lowest BCUT2D eigenvalue weighted by Crippen LogP contribution is -2.40. The maximum atomic E-state index is 13.2. The predicted octanol–water partition coefficient (Wildman–Crippen LogP) is 3.10. The molecule has 1 saturated heterocycles. The van der Waals surface area contributed by atoms with E-state index in [1.165, 1.54) is 26.4 Å². The molecule has 33 heavy (non-hydrogen) atoms. The molecule has 1 heterocycles. The van der Waals surface area contributed by atoms with Gasteiger partial charge in [0, 0.05) is 12.1 Å². The Labute approximate surface area is 196 Å². The highest BCUT2D eigenvalue weighted by Gasteiger charge is 2.36. The van der Waals surface area contributed by atoms with Crippen molar-refractivity contribution >= 4 is 31.4 Å². The summed E-state index contributed by atoms with van der Waals surface area (Å²) in [7, 11) is -5.66. The zero-order valence-electron chi connectivity index (χ0n) is 19.7. The Balaban J connectivity index is 2.58. The molecule has 1 aliphatic rings. The van der Waals surface area contributed by atoms with E-state index in [2.05, 4.69) is 10.3 Å². The van der Waals surface area contributed by atoms with Crippen LogP contribution in [0.5, 0.6) is 11.5 Å². The van der Waals surface area contributed by atoms with Gasteiger partial charge in [0.25, 0.3) is 0 Å². The smallest absolute Gasteiger partial charge is 0.248 e. The molecule has 0 spiro atoms. The standard InChI is InChI=1S/C20H34N4O7S2/c1-5-7-13-32(25,26)24(33(27,28)14-8-6-2)18-16-19(29-3)17(15-20(18)30-4)21-22-23-9-11-31-12-10-23/h15-16H,5-14H2,1-4H3/b22-21+. The summed E-state index contributed by atoms with van der Waals surface area (Å²) in [6.45, 7) is 5.92. The lowest BCUT2D eigenvalue weighted by atomic mass is 10.2. The summed E-state index contributed by atoms with van der Waals surface area (Å²) in [5.41, 5.74) is 0.147. The molecule has 0 atom stereocenters. The molecular weight excluding hydrogens is 472 g/mol. The van der Waals surface area contributed by atoms with E-state index >= 15 is 0 Å². The molecule has 1 fully saturated rings. The van der Waals surface area contributed by atoms with E-state index in [1.807, 2.05) is 13.8 Å². The number of hydrogen-bond donors (Lipinski definition) is 0. The maximum absolute atomic E-state index is 13.2. The fraction of sp³-hybridized carbons (Fsp3) is 0.700. The van der Waals surface area contributed by atoms with Gasteiger partial charge in [0.05, 0.1) is 52.0 Å². The number of nitrogens with zero attached hydrogens (tertiary/aromatic N) is 4. The Kier molecular flexibility index (Phi) is 10.2. The average molecular weight is 507 g/mol. The maximum Gasteiger partial charge on any atom is 0.248 e. The zero-order valence-corrected chi connectivity index (χ0v) is 21.3. The van der Waals surface area contributed by atoms with Gasteiger partial charge in [-0.15, -0.1) is 5.11 Å². The summed E-state index contributed by atoms with van der Waals surface area (Å²) >= 11 is 0. The van der Waals surface area contributed by atoms with Gasteiger partial charge >= 0.3 is 0 Å². The van der Waals surface area contributed by atoms with Crippen LogP contribution < -0.4 is 13.2 Å². The lowest BCUT2D eigenvalue weighted by Gasteiger charge is -2.26. The van der Waals surface area contributed by atoms with Gasteiger partial charge in [0.1, 0.15) is 22.9 Å². The van der Waals surface area contributed by atoms with Gasteiger partial charge in [0.15, 0.2) is 0 Å². The molecular formula is C20H34N4O7S2. The fourth-order valence-electron chi connectivity index (χ4n) is 3.13. The third kappa shape index (κ3) is 7.18. The minimum absolute atomic E-state index is 0.0341. The zero-order chi connectivity index (χ0) is 24.5. The first-order valence-electron chi connectivity index (χ1n) is 11.0. The Morgan fingerprint density at radius 2 is 1.48 bits per heavy atom. The summed E-state index contributed by atoms with van der Waals surface area (Å²) in [5.74, 6) is -0.409. The third-order valence-corrected chi connectivity index (χ3v) is 9.34. The van der Waals surface area contributed by atoms with Crippen molar-refractivity contribution in [3.8, 4) is 11.5 Å². The Hall–Kier alpha value is -2.12. The number of hydrogen-bond acceptors (Lipinski definition) is 9. The predicted molar refractivity (Wildman–Crippen MR) is 126 cm³/mol. The van der Waals surface area contributed by atoms with Crippen LogP contribution in [0.1, 0.15) is 39.5 Å². The number of rotatable bonds is 13. The van der Waals surface area contributed by atoms with Crippen LogP contribution in [0.15, 0.2) is 22.5 Å². The molecule has 1 aliphatic heterocycles. The molecule has 13 heteroatoms. The van der Waals surface area contributed by atoms with Gasteiger partial charge in [-0.2, -0.15) is 3.71 Å². The molecule has 0 saturated carbocycles. The van der Waals surface area contributed by atoms with Crippen molar-refractivity contribution in [1.82, 2.24) is 5.01 Å². The normalized spacial score (nSPS) is 15.1. The number of benzene rings is 1. The molecule has 0 radical (unpaired) electrons. The summed E-state index contributed by atoms with van der Waals surface area (Å²) in [5, 5.41) is 10.1. The van der Waals surface area contributed by atoms with E-state index in [0.29, 0.717) is 55.7 Å². The molecule has 0 amide bonds. The minimum Gasteiger partial charge on any atom is -0.494 e. The number of methoxy groups -OCH3 is 2. The monoisotopic (exact) mass is 506 g/mol. The van der Waals surface area contributed by atoms with Crippen molar-refractivity contribution in [1.29, 1.82) is 0 Å². The second-order valence-corrected chi connectivity index (χ2v) is 11.6. The largest absolute Gasteiger partial charge is 0.494 e. The first kappa shape index (κ1) is 27.1. The van der Waals surface area contributed by atoms with E-state index in [-0.39, 0.29) is 34.4 Å². The van der Waals surface area contributed by atoms with Crippen LogP contribution in [-0.4, -0.2) is 73.9 Å². The topological polar surface area (TPSA) is 127 Å². The molecule has 0 N–H and O–H groups in total. The Morgan fingerprint density at radius 1 is 0.939 bits per heavy atom. The highest BCUT2D eigenvalue weighted by molar-refractivity contribution is 8.10. The fourth-order valence-corrected chi connectivity index (χ4v) is 7.49. The molecule has 11 nitrogen and oxygen atoms in total. The van der Waals surface area contributed by atoms with E-state index in [0.717, 1.165) is 0 Å². The quantitative estimate of drug-likeness (QED) is 0.374. The summed E-state index contributed by atoms with van der Waals surface area (Å²) in [6, 6.07) is 2.75. The van der Waals surface area contributed by atoms with Crippen LogP contribution in [0.3, 0.4) is 0 Å². The highest BCUT2D eigenvalue weighted by atomic mass is 32.3. The van der Waals surface area contributed by atoms with Crippen LogP contribution in [0.4, 0.5) is 11.4 Å². The van der Waals surface area contributed by atoms with Crippen molar-refractivity contribution in [3.63, 3.8) is 0 Å². The number of sulfonamides is 2. The van der Waals surface area contributed by atoms with Gasteiger partial charge in [-0.25, -0.2) is 16.8 Å². The molecule has 0 aromatic heterocycles. The average Bonchev–Trinajstić information content (AvgIpc) is 2.80. The van der Waals surface area contributed by atoms with Crippen molar-refractivity contribution in [2.75, 3.05) is 55.7 Å². The summed E-state index contributed by atoms with van der Waals surface area (Å²) < 4.78 is 69.3. The second kappa shape index (κ2) is 12.4. The van der Waals surface area contributed by atoms with Crippen molar-refractivity contribution in [3.05, 3.63) is 12.1 Å². The molecule has 0 aliphatic carbocycles. The third-order valence-electron chi connectivity index (χ3n) is 4.96. The van der Waals surface area contributed by atoms with Gasteiger partial charge < -0.3 is 14.2 Å². The van der Waals surface area contributed by atoms with Crippen molar-refractivity contribution < 1.29 is 31.0 Å². The van der Waals surface area contributed by atoms with Crippen molar-refractivity contribution in [2.45, 2.75) is 39.5 Å². The van der Waals surface area contributed by atoms with Gasteiger partial charge in [-0.05, 0) is 12.8 Å². The van der Waals surface area contributed by atoms with E-state index in [9.17, 15) is 16.8 Å². The number of morpholine rings is 1. The molecule has 1 aromatic rings. The minimum atomic E-state index is -4.19. The van der Waals surface area contributed by atoms with Crippen LogP contribution >= 0.6 is 0 Å². The first-order chi connectivity index (χ1) is 15.7. The van der Waals surface area contributed by atoms with Gasteiger partial charge in [-0.3, -0.25) is 5.01 Å². The summed E-state index contributed by atoms with van der Waals surface area (Å²) in [6.07, 6.45) is 1.85. The van der Waals surface area contributed by atoms with Crippen LogP contribution in [-0.2, 0) is 24.8 Å². The summed E-state index contributed by atoms with van der Waals surface area (Å²) in [4.78, 5) is 0. The van der Waals surface area contributed by atoms with E-state index in [4.69, 9.17) is 14.2 Å². The molecule has 0 unspecified atom stereocenters. The van der Waals surface area contributed by atoms with E-state index in [1.54, 1.807) is 5.01 Å². The van der Waals surface area contributed by atoms with Crippen LogP contribution in [0.2, 0.25) is 0 Å². The number of ether oxygens (including phenoxy) is 3. The molecule has 0 bridgehead atoms. The lowest BCUT2D eigenvalue weighted by molar-refractivity contribution is 0.0353. The second-order valence-electron chi connectivity index (χ2n) is 7.49. The Morgan fingerprint density at radius 3 is 1.97 bits per heavy atom. The number of anilines is 1.